The van der Waals surface area contributed by atoms with Gasteiger partial charge in [-0.15, -0.1) is 0 Å². The molecule has 0 aromatic carbocycles. The maximum Gasteiger partial charge on any atom is 0.353 e. The van der Waals surface area contributed by atoms with E-state index in [0.717, 1.165) is 25.9 Å². The predicted molar refractivity (Wildman–Crippen MR) is 73.5 cm³/mol. The van der Waals surface area contributed by atoms with Gasteiger partial charge in [-0.25, -0.2) is 9.97 Å². The third kappa shape index (κ3) is 2.91. The zero-order chi connectivity index (χ0) is 13.8. The summed E-state index contributed by atoms with van der Waals surface area (Å²) in [5, 5.41) is 14.2. The van der Waals surface area contributed by atoms with Crippen LogP contribution in [-0.2, 0) is 0 Å². The highest BCUT2D eigenvalue weighted by atomic mass is 16.6. The lowest BCUT2D eigenvalue weighted by atomic mass is 10.0. The molecule has 1 atom stereocenters. The van der Waals surface area contributed by atoms with Crippen LogP contribution in [0.3, 0.4) is 0 Å². The number of aromatic nitrogens is 2. The average Bonchev–Trinajstić information content (AvgIpc) is 2.38. The SMILES string of the molecule is CCNc1ncnc(N2CCCC(C)C2)c1[N+](=O)[O-]. The summed E-state index contributed by atoms with van der Waals surface area (Å²) < 4.78 is 0. The highest BCUT2D eigenvalue weighted by Gasteiger charge is 2.28. The maximum absolute atomic E-state index is 11.3. The lowest BCUT2D eigenvalue weighted by molar-refractivity contribution is -0.383. The molecule has 7 heteroatoms. The van der Waals surface area contributed by atoms with Gasteiger partial charge in [0.25, 0.3) is 0 Å². The normalized spacial score (nSPS) is 19.3. The molecule has 1 fully saturated rings. The first-order valence-electron chi connectivity index (χ1n) is 6.61. The van der Waals surface area contributed by atoms with Crippen LogP contribution >= 0.6 is 0 Å². The van der Waals surface area contributed by atoms with Crippen molar-refractivity contribution in [3.63, 3.8) is 0 Å². The van der Waals surface area contributed by atoms with Crippen molar-refractivity contribution in [1.82, 2.24) is 9.97 Å². The summed E-state index contributed by atoms with van der Waals surface area (Å²) in [6, 6.07) is 0. The number of nitrogens with one attached hydrogen (secondary N) is 1. The fraction of sp³-hybridized carbons (Fsp3) is 0.667. The first-order valence-corrected chi connectivity index (χ1v) is 6.61. The van der Waals surface area contributed by atoms with Crippen molar-refractivity contribution in [2.24, 2.45) is 5.92 Å². The molecule has 0 saturated carbocycles. The lowest BCUT2D eigenvalue weighted by Gasteiger charge is -2.31. The topological polar surface area (TPSA) is 84.2 Å². The van der Waals surface area contributed by atoms with Crippen LogP contribution < -0.4 is 10.2 Å². The Morgan fingerprint density at radius 2 is 2.37 bits per heavy atom. The first-order chi connectivity index (χ1) is 9.13. The van der Waals surface area contributed by atoms with E-state index in [1.165, 1.54) is 6.33 Å². The minimum absolute atomic E-state index is 0.0153. The second-order valence-corrected chi connectivity index (χ2v) is 4.88. The summed E-state index contributed by atoms with van der Waals surface area (Å²) in [4.78, 5) is 21.0. The second kappa shape index (κ2) is 5.81. The van der Waals surface area contributed by atoms with Crippen LogP contribution in [0.15, 0.2) is 6.33 Å². The van der Waals surface area contributed by atoms with E-state index in [2.05, 4.69) is 22.2 Å². The molecule has 2 heterocycles. The van der Waals surface area contributed by atoms with Gasteiger partial charge in [0.15, 0.2) is 0 Å². The number of anilines is 2. The van der Waals surface area contributed by atoms with Gasteiger partial charge in [-0.3, -0.25) is 10.1 Å². The summed E-state index contributed by atoms with van der Waals surface area (Å²) in [5.41, 5.74) is -0.0153. The summed E-state index contributed by atoms with van der Waals surface area (Å²) in [6.07, 6.45) is 3.59. The largest absolute Gasteiger partial charge is 0.364 e. The van der Waals surface area contributed by atoms with Gasteiger partial charge in [-0.05, 0) is 25.7 Å². The van der Waals surface area contributed by atoms with Crippen LogP contribution in [-0.4, -0.2) is 34.5 Å². The molecular weight excluding hydrogens is 246 g/mol. The molecule has 19 heavy (non-hydrogen) atoms. The molecule has 1 N–H and O–H groups in total. The Labute approximate surface area is 112 Å². The quantitative estimate of drug-likeness (QED) is 0.662. The Morgan fingerprint density at radius 1 is 1.58 bits per heavy atom. The van der Waals surface area contributed by atoms with E-state index < -0.39 is 4.92 Å². The monoisotopic (exact) mass is 265 g/mol. The highest BCUT2D eigenvalue weighted by molar-refractivity contribution is 5.70. The summed E-state index contributed by atoms with van der Waals surface area (Å²) in [5.74, 6) is 1.27. The van der Waals surface area contributed by atoms with Crippen molar-refractivity contribution in [2.75, 3.05) is 29.9 Å². The van der Waals surface area contributed by atoms with Crippen LogP contribution in [0.25, 0.3) is 0 Å². The van der Waals surface area contributed by atoms with Gasteiger partial charge in [0.1, 0.15) is 6.33 Å². The molecule has 1 aromatic rings. The molecule has 0 radical (unpaired) electrons. The molecule has 0 aliphatic carbocycles. The third-order valence-corrected chi connectivity index (χ3v) is 3.29. The molecule has 0 bridgehead atoms. The molecule has 1 aliphatic rings. The molecule has 7 nitrogen and oxygen atoms in total. The van der Waals surface area contributed by atoms with E-state index in [9.17, 15) is 10.1 Å². The van der Waals surface area contributed by atoms with E-state index in [1.54, 1.807) is 0 Å². The van der Waals surface area contributed by atoms with Crippen LogP contribution in [0, 0.1) is 16.0 Å². The van der Waals surface area contributed by atoms with Gasteiger partial charge in [0.2, 0.25) is 11.6 Å². The van der Waals surface area contributed by atoms with Crippen molar-refractivity contribution in [3.05, 3.63) is 16.4 Å². The Bertz CT molecular complexity index is 465. The summed E-state index contributed by atoms with van der Waals surface area (Å²) in [7, 11) is 0. The molecule has 1 saturated heterocycles. The molecule has 1 aliphatic heterocycles. The molecule has 1 aromatic heterocycles. The van der Waals surface area contributed by atoms with Gasteiger partial charge in [0.05, 0.1) is 4.92 Å². The van der Waals surface area contributed by atoms with Crippen molar-refractivity contribution >= 4 is 17.3 Å². The summed E-state index contributed by atoms with van der Waals surface area (Å²) >= 11 is 0. The molecule has 0 amide bonds. The second-order valence-electron chi connectivity index (χ2n) is 4.88. The number of hydrogen-bond donors (Lipinski definition) is 1. The minimum atomic E-state index is -0.396. The Morgan fingerprint density at radius 3 is 3.00 bits per heavy atom. The van der Waals surface area contributed by atoms with Gasteiger partial charge in [-0.2, -0.15) is 0 Å². The van der Waals surface area contributed by atoms with Crippen molar-refractivity contribution in [2.45, 2.75) is 26.7 Å². The van der Waals surface area contributed by atoms with Gasteiger partial charge in [0, 0.05) is 19.6 Å². The van der Waals surface area contributed by atoms with Crippen molar-refractivity contribution < 1.29 is 4.92 Å². The lowest BCUT2D eigenvalue weighted by Crippen LogP contribution is -2.35. The smallest absolute Gasteiger partial charge is 0.353 e. The molecule has 104 valence electrons. The zero-order valence-corrected chi connectivity index (χ0v) is 11.3. The Hall–Kier alpha value is -1.92. The molecular formula is C12H19N5O2. The number of nitrogens with zero attached hydrogens (tertiary/aromatic N) is 4. The maximum atomic E-state index is 11.3. The third-order valence-electron chi connectivity index (χ3n) is 3.29. The van der Waals surface area contributed by atoms with Crippen LogP contribution in [0.5, 0.6) is 0 Å². The number of piperidine rings is 1. The van der Waals surface area contributed by atoms with E-state index >= 15 is 0 Å². The van der Waals surface area contributed by atoms with E-state index in [4.69, 9.17) is 0 Å². The molecule has 0 spiro atoms. The van der Waals surface area contributed by atoms with Crippen LogP contribution in [0.1, 0.15) is 26.7 Å². The van der Waals surface area contributed by atoms with E-state index in [1.807, 2.05) is 11.8 Å². The van der Waals surface area contributed by atoms with Crippen LogP contribution in [0.2, 0.25) is 0 Å². The van der Waals surface area contributed by atoms with Gasteiger partial charge < -0.3 is 10.2 Å². The van der Waals surface area contributed by atoms with Crippen molar-refractivity contribution in [1.29, 1.82) is 0 Å². The number of rotatable bonds is 4. The van der Waals surface area contributed by atoms with E-state index in [-0.39, 0.29) is 5.69 Å². The fourth-order valence-corrected chi connectivity index (χ4v) is 2.45. The standard InChI is InChI=1S/C12H19N5O2/c1-3-13-11-10(17(18)19)12(15-8-14-11)16-6-4-5-9(2)7-16/h8-9H,3-7H2,1-2H3,(H,13,14,15). The average molecular weight is 265 g/mol. The van der Waals surface area contributed by atoms with Gasteiger partial charge in [-0.1, -0.05) is 6.92 Å². The molecule has 2 rings (SSSR count). The minimum Gasteiger partial charge on any atom is -0.364 e. The fourth-order valence-electron chi connectivity index (χ4n) is 2.45. The Balaban J connectivity index is 2.38. The number of nitro groups is 1. The van der Waals surface area contributed by atoms with Crippen molar-refractivity contribution in [3.8, 4) is 0 Å². The van der Waals surface area contributed by atoms with Crippen LogP contribution in [0.4, 0.5) is 17.3 Å². The zero-order valence-electron chi connectivity index (χ0n) is 11.3. The van der Waals surface area contributed by atoms with E-state index in [0.29, 0.717) is 24.1 Å². The first kappa shape index (κ1) is 13.5. The number of hydrogen-bond acceptors (Lipinski definition) is 6. The Kier molecular flexibility index (Phi) is 4.13. The molecule has 1 unspecified atom stereocenters. The summed E-state index contributed by atoms with van der Waals surface area (Å²) in [6.45, 7) is 6.25. The predicted octanol–water partition coefficient (Wildman–Crippen LogP) is 2.05. The highest BCUT2D eigenvalue weighted by Crippen LogP contribution is 2.33. The van der Waals surface area contributed by atoms with Gasteiger partial charge >= 0.3 is 5.69 Å².